The second kappa shape index (κ2) is 10.3. The molecule has 0 radical (unpaired) electrons. The lowest BCUT2D eigenvalue weighted by Crippen LogP contribution is -2.27. The minimum Gasteiger partial charge on any atom is -0.493 e. The van der Waals surface area contributed by atoms with E-state index in [1.54, 1.807) is 13.8 Å². The first kappa shape index (κ1) is 21.3. The summed E-state index contributed by atoms with van der Waals surface area (Å²) in [6.07, 6.45) is 0.522. The van der Waals surface area contributed by atoms with E-state index in [9.17, 15) is 9.59 Å². The number of hydrazone groups is 1. The van der Waals surface area contributed by atoms with Crippen molar-refractivity contribution >= 4 is 17.6 Å². The Hall–Kier alpha value is -2.77. The number of esters is 1. The van der Waals surface area contributed by atoms with Crippen LogP contribution in [-0.2, 0) is 9.53 Å². The zero-order valence-electron chi connectivity index (χ0n) is 16.0. The molecule has 0 aliphatic carbocycles. The molecular formula is C18H26N2O6. The summed E-state index contributed by atoms with van der Waals surface area (Å²) in [7, 11) is 4.41. The number of nitrogens with one attached hydrogen (secondary N) is 1. The van der Waals surface area contributed by atoms with E-state index in [1.807, 2.05) is 6.92 Å². The van der Waals surface area contributed by atoms with E-state index < -0.39 is 11.8 Å². The Morgan fingerprint density at radius 1 is 1.08 bits per heavy atom. The van der Waals surface area contributed by atoms with Gasteiger partial charge in [-0.25, -0.2) is 5.43 Å². The van der Waals surface area contributed by atoms with E-state index in [2.05, 4.69) is 10.5 Å². The van der Waals surface area contributed by atoms with E-state index in [1.165, 1.54) is 33.5 Å². The van der Waals surface area contributed by atoms with Crippen molar-refractivity contribution in [2.75, 3.05) is 27.9 Å². The molecule has 26 heavy (non-hydrogen) atoms. The summed E-state index contributed by atoms with van der Waals surface area (Å²) in [5.41, 5.74) is 3.18. The quantitative estimate of drug-likeness (QED) is 0.410. The first-order chi connectivity index (χ1) is 12.4. The second-order valence-corrected chi connectivity index (χ2v) is 5.32. The standard InChI is InChI=1S/C18H26N2O6/c1-7-13(18(22)26-8-2)11(3)19-20-17(21)12-9-14(23-4)16(25-6)15(10-12)24-5/h9-10,13H,7-8H2,1-6H3,(H,20,21)/b19-11-/t13-/m0/s1. The molecular weight excluding hydrogens is 340 g/mol. The highest BCUT2D eigenvalue weighted by Gasteiger charge is 2.22. The van der Waals surface area contributed by atoms with Crippen LogP contribution in [-0.4, -0.2) is 45.5 Å². The third-order valence-corrected chi connectivity index (χ3v) is 3.74. The van der Waals surface area contributed by atoms with Gasteiger partial charge in [0.1, 0.15) is 0 Å². The van der Waals surface area contributed by atoms with Crippen molar-refractivity contribution in [3.8, 4) is 17.2 Å². The Bertz CT molecular complexity index is 647. The number of hydrogen-bond donors (Lipinski definition) is 1. The zero-order chi connectivity index (χ0) is 19.7. The second-order valence-electron chi connectivity index (χ2n) is 5.32. The summed E-state index contributed by atoms with van der Waals surface area (Å²) in [5, 5.41) is 4.03. The van der Waals surface area contributed by atoms with E-state index >= 15 is 0 Å². The van der Waals surface area contributed by atoms with Crippen LogP contribution in [0.15, 0.2) is 17.2 Å². The van der Waals surface area contributed by atoms with Gasteiger partial charge in [0, 0.05) is 11.3 Å². The Labute approximate surface area is 153 Å². The SMILES string of the molecule is CCOC(=O)[C@@H](CC)/C(C)=N\NC(=O)c1cc(OC)c(OC)c(OC)c1. The van der Waals surface area contributed by atoms with Crippen molar-refractivity contribution in [1.82, 2.24) is 5.43 Å². The van der Waals surface area contributed by atoms with Gasteiger partial charge in [0.2, 0.25) is 5.75 Å². The summed E-state index contributed by atoms with van der Waals surface area (Å²) in [6, 6.07) is 3.04. The predicted octanol–water partition coefficient (Wildman–Crippen LogP) is 2.41. The fourth-order valence-corrected chi connectivity index (χ4v) is 2.37. The fourth-order valence-electron chi connectivity index (χ4n) is 2.37. The fraction of sp³-hybridized carbons (Fsp3) is 0.500. The van der Waals surface area contributed by atoms with Crippen LogP contribution >= 0.6 is 0 Å². The first-order valence-corrected chi connectivity index (χ1v) is 8.24. The molecule has 1 N–H and O–H groups in total. The van der Waals surface area contributed by atoms with Crippen molar-refractivity contribution in [3.63, 3.8) is 0 Å². The zero-order valence-corrected chi connectivity index (χ0v) is 16.0. The van der Waals surface area contributed by atoms with E-state index in [0.717, 1.165) is 0 Å². The molecule has 0 aromatic heterocycles. The minimum absolute atomic E-state index is 0.278. The molecule has 0 saturated carbocycles. The first-order valence-electron chi connectivity index (χ1n) is 8.24. The molecule has 0 unspecified atom stereocenters. The van der Waals surface area contributed by atoms with Gasteiger partial charge in [0.15, 0.2) is 11.5 Å². The summed E-state index contributed by atoms with van der Waals surface area (Å²) in [5.74, 6) is -0.235. The van der Waals surface area contributed by atoms with Crippen LogP contribution in [0.25, 0.3) is 0 Å². The van der Waals surface area contributed by atoms with Crippen molar-refractivity contribution < 1.29 is 28.5 Å². The molecule has 0 saturated heterocycles. The molecule has 1 amide bonds. The van der Waals surface area contributed by atoms with Gasteiger partial charge < -0.3 is 18.9 Å². The van der Waals surface area contributed by atoms with Gasteiger partial charge in [-0.3, -0.25) is 9.59 Å². The third kappa shape index (κ3) is 5.11. The molecule has 0 aliphatic heterocycles. The largest absolute Gasteiger partial charge is 0.493 e. The van der Waals surface area contributed by atoms with E-state index in [-0.39, 0.29) is 11.5 Å². The topological polar surface area (TPSA) is 95.5 Å². The van der Waals surface area contributed by atoms with Crippen LogP contribution in [0.1, 0.15) is 37.6 Å². The molecule has 8 heteroatoms. The number of rotatable bonds is 9. The maximum absolute atomic E-state index is 12.4. The van der Waals surface area contributed by atoms with Gasteiger partial charge in [-0.2, -0.15) is 5.10 Å². The number of ether oxygens (including phenoxy) is 4. The smallest absolute Gasteiger partial charge is 0.314 e. The Morgan fingerprint density at radius 2 is 1.65 bits per heavy atom. The minimum atomic E-state index is -0.504. The summed E-state index contributed by atoms with van der Waals surface area (Å²) in [4.78, 5) is 24.3. The molecule has 1 rings (SSSR count). The molecule has 0 aliphatic rings. The molecule has 144 valence electrons. The number of benzene rings is 1. The van der Waals surface area contributed by atoms with Gasteiger partial charge in [-0.1, -0.05) is 6.92 Å². The number of carbonyl (C=O) groups excluding carboxylic acids is 2. The van der Waals surface area contributed by atoms with Crippen LogP contribution in [0, 0.1) is 5.92 Å². The highest BCUT2D eigenvalue weighted by Crippen LogP contribution is 2.38. The lowest BCUT2D eigenvalue weighted by molar-refractivity contribution is -0.145. The Morgan fingerprint density at radius 3 is 2.08 bits per heavy atom. The number of nitrogens with zero attached hydrogens (tertiary/aromatic N) is 1. The highest BCUT2D eigenvalue weighted by molar-refractivity contribution is 6.02. The number of hydrogen-bond acceptors (Lipinski definition) is 7. The van der Waals surface area contributed by atoms with E-state index in [4.69, 9.17) is 18.9 Å². The Kier molecular flexibility index (Phi) is 8.41. The van der Waals surface area contributed by atoms with Gasteiger partial charge in [0.25, 0.3) is 5.91 Å². The van der Waals surface area contributed by atoms with Crippen LogP contribution in [0.5, 0.6) is 17.2 Å². The third-order valence-electron chi connectivity index (χ3n) is 3.74. The summed E-state index contributed by atoms with van der Waals surface area (Å²) < 4.78 is 20.7. The molecule has 0 bridgehead atoms. The average molecular weight is 366 g/mol. The van der Waals surface area contributed by atoms with Crippen LogP contribution < -0.4 is 19.6 Å². The average Bonchev–Trinajstić information content (AvgIpc) is 2.65. The number of methoxy groups -OCH3 is 3. The molecule has 1 aromatic carbocycles. The molecule has 0 fully saturated rings. The molecule has 0 spiro atoms. The van der Waals surface area contributed by atoms with Crippen molar-refractivity contribution in [2.24, 2.45) is 11.0 Å². The number of amides is 1. The normalized spacial score (nSPS) is 12.2. The van der Waals surface area contributed by atoms with Crippen LogP contribution in [0.4, 0.5) is 0 Å². The maximum Gasteiger partial charge on any atom is 0.314 e. The maximum atomic E-state index is 12.4. The predicted molar refractivity (Wildman–Crippen MR) is 97.1 cm³/mol. The monoisotopic (exact) mass is 366 g/mol. The van der Waals surface area contributed by atoms with Crippen molar-refractivity contribution in [3.05, 3.63) is 17.7 Å². The molecule has 1 aromatic rings. The van der Waals surface area contributed by atoms with Gasteiger partial charge in [0.05, 0.1) is 33.9 Å². The van der Waals surface area contributed by atoms with Crippen LogP contribution in [0.3, 0.4) is 0 Å². The summed E-state index contributed by atoms with van der Waals surface area (Å²) in [6.45, 7) is 5.55. The lowest BCUT2D eigenvalue weighted by Gasteiger charge is -2.14. The van der Waals surface area contributed by atoms with Gasteiger partial charge in [-0.05, 0) is 32.4 Å². The Balaban J connectivity index is 3.01. The molecule has 8 nitrogen and oxygen atoms in total. The van der Waals surface area contributed by atoms with Gasteiger partial charge in [-0.15, -0.1) is 0 Å². The van der Waals surface area contributed by atoms with Crippen LogP contribution in [0.2, 0.25) is 0 Å². The van der Waals surface area contributed by atoms with Crippen molar-refractivity contribution in [2.45, 2.75) is 27.2 Å². The van der Waals surface area contributed by atoms with Crippen molar-refractivity contribution in [1.29, 1.82) is 0 Å². The highest BCUT2D eigenvalue weighted by atomic mass is 16.5. The lowest BCUT2D eigenvalue weighted by atomic mass is 10.0. The van der Waals surface area contributed by atoms with E-state index in [0.29, 0.717) is 36.0 Å². The summed E-state index contributed by atoms with van der Waals surface area (Å²) >= 11 is 0. The van der Waals surface area contributed by atoms with Gasteiger partial charge >= 0.3 is 5.97 Å². The molecule has 1 atom stereocenters. The number of carbonyl (C=O) groups is 2. The molecule has 0 heterocycles.